The molecular formula is C11H16N4O. The van der Waals surface area contributed by atoms with E-state index >= 15 is 0 Å². The maximum absolute atomic E-state index is 10.2. The normalized spacial score (nSPS) is 12.9. The number of aliphatic hydroxyl groups excluding tert-OH is 1. The lowest BCUT2D eigenvalue weighted by Crippen LogP contribution is -2.13. The van der Waals surface area contributed by atoms with E-state index in [9.17, 15) is 5.11 Å². The molecule has 1 unspecified atom stereocenters. The van der Waals surface area contributed by atoms with Crippen molar-refractivity contribution in [2.45, 2.75) is 26.0 Å². The van der Waals surface area contributed by atoms with Crippen molar-refractivity contribution in [1.29, 1.82) is 0 Å². The molecule has 0 aliphatic carbocycles. The van der Waals surface area contributed by atoms with Crippen molar-refractivity contribution < 1.29 is 5.11 Å². The van der Waals surface area contributed by atoms with Crippen LogP contribution in [0.15, 0.2) is 24.5 Å². The van der Waals surface area contributed by atoms with Gasteiger partial charge in [0.15, 0.2) is 0 Å². The quantitative estimate of drug-likeness (QED) is 0.839. The molecule has 5 heteroatoms. The molecule has 86 valence electrons. The van der Waals surface area contributed by atoms with Gasteiger partial charge in [-0.2, -0.15) is 10.2 Å². The van der Waals surface area contributed by atoms with E-state index in [1.165, 1.54) is 0 Å². The average Bonchev–Trinajstić information content (AvgIpc) is 2.87. The van der Waals surface area contributed by atoms with Gasteiger partial charge in [-0.15, -0.1) is 0 Å². The Morgan fingerprint density at radius 1 is 1.25 bits per heavy atom. The first-order chi connectivity index (χ1) is 7.74. The molecule has 0 saturated heterocycles. The van der Waals surface area contributed by atoms with Gasteiger partial charge in [0.1, 0.15) is 6.10 Å². The summed E-state index contributed by atoms with van der Waals surface area (Å²) in [5, 5.41) is 18.5. The number of aliphatic hydroxyl groups is 1. The van der Waals surface area contributed by atoms with Gasteiger partial charge in [0.05, 0.1) is 11.4 Å². The molecule has 2 heterocycles. The van der Waals surface area contributed by atoms with Crippen molar-refractivity contribution >= 4 is 0 Å². The SMILES string of the molecule is CCCn1nccc1C(O)c1ccnn1C. The molecule has 0 bridgehead atoms. The standard InChI is InChI=1S/C11H16N4O/c1-3-8-15-10(5-7-13-15)11(16)9-4-6-12-14(9)2/h4-7,11,16H,3,8H2,1-2H3. The van der Waals surface area contributed by atoms with Crippen LogP contribution >= 0.6 is 0 Å². The van der Waals surface area contributed by atoms with Gasteiger partial charge in [-0.05, 0) is 18.6 Å². The molecule has 0 aromatic carbocycles. The van der Waals surface area contributed by atoms with Crippen molar-refractivity contribution in [2.75, 3.05) is 0 Å². The van der Waals surface area contributed by atoms with Crippen molar-refractivity contribution in [3.05, 3.63) is 35.9 Å². The monoisotopic (exact) mass is 220 g/mol. The number of hydrogen-bond donors (Lipinski definition) is 1. The Kier molecular flexibility index (Phi) is 3.05. The third-order valence-corrected chi connectivity index (χ3v) is 2.60. The zero-order chi connectivity index (χ0) is 11.5. The van der Waals surface area contributed by atoms with E-state index in [0.29, 0.717) is 0 Å². The van der Waals surface area contributed by atoms with Gasteiger partial charge in [-0.3, -0.25) is 9.36 Å². The maximum atomic E-state index is 10.2. The van der Waals surface area contributed by atoms with Crippen LogP contribution in [0, 0.1) is 0 Å². The lowest BCUT2D eigenvalue weighted by atomic mass is 10.2. The molecule has 0 amide bonds. The summed E-state index contributed by atoms with van der Waals surface area (Å²) in [6.45, 7) is 2.90. The zero-order valence-electron chi connectivity index (χ0n) is 9.54. The molecule has 2 aromatic heterocycles. The smallest absolute Gasteiger partial charge is 0.137 e. The van der Waals surface area contributed by atoms with Crippen LogP contribution in [0.25, 0.3) is 0 Å². The van der Waals surface area contributed by atoms with Gasteiger partial charge in [0.2, 0.25) is 0 Å². The minimum atomic E-state index is -0.665. The lowest BCUT2D eigenvalue weighted by molar-refractivity contribution is 0.197. The van der Waals surface area contributed by atoms with Crippen LogP contribution in [0.4, 0.5) is 0 Å². The molecule has 2 aromatic rings. The summed E-state index contributed by atoms with van der Waals surface area (Å²) < 4.78 is 3.51. The van der Waals surface area contributed by atoms with Crippen LogP contribution in [0.2, 0.25) is 0 Å². The van der Waals surface area contributed by atoms with E-state index in [1.807, 2.05) is 23.9 Å². The average molecular weight is 220 g/mol. The minimum Gasteiger partial charge on any atom is -0.380 e. The third kappa shape index (κ3) is 1.86. The highest BCUT2D eigenvalue weighted by molar-refractivity contribution is 5.18. The summed E-state index contributed by atoms with van der Waals surface area (Å²) in [4.78, 5) is 0. The Morgan fingerprint density at radius 2 is 1.94 bits per heavy atom. The summed E-state index contributed by atoms with van der Waals surface area (Å²) in [6.07, 6.45) is 3.72. The van der Waals surface area contributed by atoms with E-state index in [-0.39, 0.29) is 0 Å². The highest BCUT2D eigenvalue weighted by atomic mass is 16.3. The van der Waals surface area contributed by atoms with Gasteiger partial charge in [0, 0.05) is 26.0 Å². The summed E-state index contributed by atoms with van der Waals surface area (Å²) in [5.41, 5.74) is 1.59. The van der Waals surface area contributed by atoms with Crippen LogP contribution in [-0.4, -0.2) is 24.7 Å². The van der Waals surface area contributed by atoms with E-state index < -0.39 is 6.10 Å². The van der Waals surface area contributed by atoms with Gasteiger partial charge < -0.3 is 5.11 Å². The van der Waals surface area contributed by atoms with Gasteiger partial charge in [0.25, 0.3) is 0 Å². The third-order valence-electron chi connectivity index (χ3n) is 2.60. The second-order valence-corrected chi connectivity index (χ2v) is 3.76. The fourth-order valence-electron chi connectivity index (χ4n) is 1.78. The lowest BCUT2D eigenvalue weighted by Gasteiger charge is -2.13. The van der Waals surface area contributed by atoms with Crippen LogP contribution in [0.5, 0.6) is 0 Å². The first-order valence-corrected chi connectivity index (χ1v) is 5.41. The molecule has 5 nitrogen and oxygen atoms in total. The Hall–Kier alpha value is -1.62. The molecule has 16 heavy (non-hydrogen) atoms. The number of aryl methyl sites for hydroxylation is 2. The largest absolute Gasteiger partial charge is 0.380 e. The molecule has 1 atom stereocenters. The Morgan fingerprint density at radius 3 is 2.56 bits per heavy atom. The molecule has 0 spiro atoms. The molecule has 2 rings (SSSR count). The molecule has 0 saturated carbocycles. The molecule has 0 aliphatic heterocycles. The molecule has 0 aliphatic rings. The summed E-state index contributed by atoms with van der Waals surface area (Å²) in [6, 6.07) is 3.65. The Bertz CT molecular complexity index is 460. The molecular weight excluding hydrogens is 204 g/mol. The number of nitrogens with zero attached hydrogens (tertiary/aromatic N) is 4. The number of aromatic nitrogens is 4. The maximum Gasteiger partial charge on any atom is 0.137 e. The van der Waals surface area contributed by atoms with Gasteiger partial charge in [-0.1, -0.05) is 6.92 Å². The predicted octanol–water partition coefficient (Wildman–Crippen LogP) is 1.11. The van der Waals surface area contributed by atoms with Crippen molar-refractivity contribution in [1.82, 2.24) is 19.6 Å². The number of hydrogen-bond acceptors (Lipinski definition) is 3. The number of rotatable bonds is 4. The minimum absolute atomic E-state index is 0.665. The summed E-state index contributed by atoms with van der Waals surface area (Å²) in [5.74, 6) is 0. The topological polar surface area (TPSA) is 55.9 Å². The van der Waals surface area contributed by atoms with Crippen LogP contribution < -0.4 is 0 Å². The Balaban J connectivity index is 2.30. The van der Waals surface area contributed by atoms with E-state index in [4.69, 9.17) is 0 Å². The Labute approximate surface area is 94.3 Å². The van der Waals surface area contributed by atoms with Crippen molar-refractivity contribution in [3.63, 3.8) is 0 Å². The van der Waals surface area contributed by atoms with Gasteiger partial charge in [-0.25, -0.2) is 0 Å². The van der Waals surface area contributed by atoms with Crippen LogP contribution in [0.1, 0.15) is 30.8 Å². The van der Waals surface area contributed by atoms with Crippen molar-refractivity contribution in [3.8, 4) is 0 Å². The van der Waals surface area contributed by atoms with E-state index in [0.717, 1.165) is 24.4 Å². The fourth-order valence-corrected chi connectivity index (χ4v) is 1.78. The second-order valence-electron chi connectivity index (χ2n) is 3.76. The van der Waals surface area contributed by atoms with E-state index in [1.54, 1.807) is 17.1 Å². The highest BCUT2D eigenvalue weighted by Crippen LogP contribution is 2.20. The van der Waals surface area contributed by atoms with Crippen LogP contribution in [-0.2, 0) is 13.6 Å². The van der Waals surface area contributed by atoms with E-state index in [2.05, 4.69) is 17.1 Å². The van der Waals surface area contributed by atoms with Crippen molar-refractivity contribution in [2.24, 2.45) is 7.05 Å². The van der Waals surface area contributed by atoms with Gasteiger partial charge >= 0.3 is 0 Å². The second kappa shape index (κ2) is 4.49. The predicted molar refractivity (Wildman–Crippen MR) is 59.8 cm³/mol. The first-order valence-electron chi connectivity index (χ1n) is 5.41. The molecule has 1 N–H and O–H groups in total. The first kappa shape index (κ1) is 10.9. The summed E-state index contributed by atoms with van der Waals surface area (Å²) >= 11 is 0. The molecule has 0 radical (unpaired) electrons. The summed E-state index contributed by atoms with van der Waals surface area (Å²) in [7, 11) is 1.82. The highest BCUT2D eigenvalue weighted by Gasteiger charge is 2.17. The molecule has 0 fully saturated rings. The zero-order valence-corrected chi connectivity index (χ0v) is 9.54. The fraction of sp³-hybridized carbons (Fsp3) is 0.455. The van der Waals surface area contributed by atoms with Crippen LogP contribution in [0.3, 0.4) is 0 Å².